The van der Waals surface area contributed by atoms with Gasteiger partial charge in [0, 0.05) is 13.1 Å². The van der Waals surface area contributed by atoms with Crippen LogP contribution in [0, 0.1) is 0 Å². The number of carbonyl (C=O) groups excluding carboxylic acids is 1. The number of hydrogen-bond donors (Lipinski definition) is 1. The summed E-state index contributed by atoms with van der Waals surface area (Å²) in [5.41, 5.74) is 0.557. The second-order valence-electron chi connectivity index (χ2n) is 7.01. The molecular formula is C20H28N4O2. The summed E-state index contributed by atoms with van der Waals surface area (Å²) in [6.07, 6.45) is 4.59. The van der Waals surface area contributed by atoms with E-state index in [0.717, 1.165) is 32.5 Å². The highest BCUT2D eigenvalue weighted by atomic mass is 16.2. The van der Waals surface area contributed by atoms with Gasteiger partial charge in [0.2, 0.25) is 5.91 Å². The van der Waals surface area contributed by atoms with Crippen molar-refractivity contribution in [1.29, 1.82) is 0 Å². The standard InChI is InChI=1S/C20H28N4O2/c1-3-23(15(2)20(26)24-12-8-4-5-9-13-24)14-18-21-17-11-7-6-10-16(17)19(25)22-18/h6-7,10-11,15H,3-5,8-9,12-14H2,1-2H3,(H,21,22,25). The molecule has 6 heteroatoms. The Hall–Kier alpha value is -2.21. The van der Waals surface area contributed by atoms with Crippen molar-refractivity contribution in [2.24, 2.45) is 0 Å². The van der Waals surface area contributed by atoms with E-state index < -0.39 is 0 Å². The van der Waals surface area contributed by atoms with Gasteiger partial charge in [0.25, 0.3) is 5.56 Å². The molecule has 1 aromatic heterocycles. The number of para-hydroxylation sites is 1. The number of benzene rings is 1. The fraction of sp³-hybridized carbons (Fsp3) is 0.550. The van der Waals surface area contributed by atoms with Crippen molar-refractivity contribution in [2.75, 3.05) is 19.6 Å². The minimum absolute atomic E-state index is 0.131. The first-order chi connectivity index (χ1) is 12.6. The molecular weight excluding hydrogens is 328 g/mol. The van der Waals surface area contributed by atoms with Crippen LogP contribution in [0.2, 0.25) is 0 Å². The molecule has 0 aliphatic carbocycles. The van der Waals surface area contributed by atoms with Crippen LogP contribution in [0.4, 0.5) is 0 Å². The maximum atomic E-state index is 12.9. The lowest BCUT2D eigenvalue weighted by molar-refractivity contribution is -0.136. The topological polar surface area (TPSA) is 69.3 Å². The first-order valence-corrected chi connectivity index (χ1v) is 9.61. The molecule has 0 saturated carbocycles. The Morgan fingerprint density at radius 3 is 2.62 bits per heavy atom. The van der Waals surface area contributed by atoms with E-state index in [-0.39, 0.29) is 17.5 Å². The molecule has 1 aliphatic rings. The molecule has 1 atom stereocenters. The third-order valence-corrected chi connectivity index (χ3v) is 5.24. The van der Waals surface area contributed by atoms with Gasteiger partial charge in [-0.05, 0) is 38.4 Å². The van der Waals surface area contributed by atoms with E-state index in [0.29, 0.717) is 23.3 Å². The molecule has 3 rings (SSSR count). The number of fused-ring (bicyclic) bond motifs is 1. The fourth-order valence-electron chi connectivity index (χ4n) is 3.64. The van der Waals surface area contributed by atoms with Crippen LogP contribution in [0.5, 0.6) is 0 Å². The van der Waals surface area contributed by atoms with Crippen LogP contribution < -0.4 is 5.56 Å². The number of amides is 1. The second-order valence-corrected chi connectivity index (χ2v) is 7.01. The van der Waals surface area contributed by atoms with Gasteiger partial charge in [0.15, 0.2) is 0 Å². The monoisotopic (exact) mass is 356 g/mol. The molecule has 1 amide bonds. The van der Waals surface area contributed by atoms with E-state index in [2.05, 4.69) is 14.9 Å². The lowest BCUT2D eigenvalue weighted by atomic mass is 10.2. The predicted octanol–water partition coefficient (Wildman–Crippen LogP) is 2.54. The molecule has 1 aliphatic heterocycles. The van der Waals surface area contributed by atoms with E-state index >= 15 is 0 Å². The third-order valence-electron chi connectivity index (χ3n) is 5.24. The largest absolute Gasteiger partial charge is 0.341 e. The number of carbonyl (C=O) groups is 1. The van der Waals surface area contributed by atoms with Crippen molar-refractivity contribution in [2.45, 2.75) is 52.1 Å². The summed E-state index contributed by atoms with van der Waals surface area (Å²) in [6.45, 7) is 6.87. The molecule has 0 bridgehead atoms. The van der Waals surface area contributed by atoms with Gasteiger partial charge in [-0.15, -0.1) is 0 Å². The highest BCUT2D eigenvalue weighted by Crippen LogP contribution is 2.14. The van der Waals surface area contributed by atoms with Gasteiger partial charge in [0.1, 0.15) is 5.82 Å². The molecule has 0 spiro atoms. The fourth-order valence-corrected chi connectivity index (χ4v) is 3.64. The predicted molar refractivity (Wildman–Crippen MR) is 103 cm³/mol. The van der Waals surface area contributed by atoms with E-state index in [1.807, 2.05) is 36.9 Å². The smallest absolute Gasteiger partial charge is 0.258 e. The molecule has 1 N–H and O–H groups in total. The van der Waals surface area contributed by atoms with Crippen molar-refractivity contribution in [3.8, 4) is 0 Å². The SMILES string of the molecule is CCN(Cc1nc2ccccc2c(=O)[nH]1)C(C)C(=O)N1CCCCCC1. The second kappa shape index (κ2) is 8.45. The van der Waals surface area contributed by atoms with E-state index in [1.165, 1.54) is 12.8 Å². The normalized spacial score (nSPS) is 16.7. The van der Waals surface area contributed by atoms with Gasteiger partial charge in [-0.2, -0.15) is 0 Å². The summed E-state index contributed by atoms with van der Waals surface area (Å²) in [5, 5.41) is 0.591. The number of rotatable bonds is 5. The average molecular weight is 356 g/mol. The molecule has 2 heterocycles. The molecule has 1 aromatic carbocycles. The maximum absolute atomic E-state index is 12.9. The molecule has 6 nitrogen and oxygen atoms in total. The van der Waals surface area contributed by atoms with Crippen LogP contribution in [-0.2, 0) is 11.3 Å². The number of nitrogens with zero attached hydrogens (tertiary/aromatic N) is 3. The summed E-state index contributed by atoms with van der Waals surface area (Å²) in [5.74, 6) is 0.781. The van der Waals surface area contributed by atoms with Crippen LogP contribution >= 0.6 is 0 Å². The molecule has 1 fully saturated rings. The van der Waals surface area contributed by atoms with Crippen LogP contribution in [-0.4, -0.2) is 51.4 Å². The van der Waals surface area contributed by atoms with Crippen molar-refractivity contribution in [3.63, 3.8) is 0 Å². The number of hydrogen-bond acceptors (Lipinski definition) is 4. The summed E-state index contributed by atoms with van der Waals surface area (Å²) in [7, 11) is 0. The first-order valence-electron chi connectivity index (χ1n) is 9.61. The zero-order chi connectivity index (χ0) is 18.5. The molecule has 1 unspecified atom stereocenters. The van der Waals surface area contributed by atoms with Gasteiger partial charge < -0.3 is 9.88 Å². The summed E-state index contributed by atoms with van der Waals surface area (Å²) < 4.78 is 0. The van der Waals surface area contributed by atoms with Gasteiger partial charge >= 0.3 is 0 Å². The molecule has 140 valence electrons. The molecule has 2 aromatic rings. The Kier molecular flexibility index (Phi) is 6.04. The van der Waals surface area contributed by atoms with Gasteiger partial charge in [-0.25, -0.2) is 4.98 Å². The quantitative estimate of drug-likeness (QED) is 0.894. The van der Waals surface area contributed by atoms with Crippen molar-refractivity contribution in [1.82, 2.24) is 19.8 Å². The van der Waals surface area contributed by atoms with Gasteiger partial charge in [-0.3, -0.25) is 14.5 Å². The van der Waals surface area contributed by atoms with Crippen LogP contribution in [0.1, 0.15) is 45.4 Å². The zero-order valence-corrected chi connectivity index (χ0v) is 15.7. The number of nitrogens with one attached hydrogen (secondary N) is 1. The summed E-state index contributed by atoms with van der Waals surface area (Å²) in [4.78, 5) is 36.7. The lowest BCUT2D eigenvalue weighted by Crippen LogP contribution is -2.47. The Morgan fingerprint density at radius 2 is 1.92 bits per heavy atom. The Bertz CT molecular complexity index is 809. The molecule has 26 heavy (non-hydrogen) atoms. The van der Waals surface area contributed by atoms with Gasteiger partial charge in [-0.1, -0.05) is 31.9 Å². The lowest BCUT2D eigenvalue weighted by Gasteiger charge is -2.31. The average Bonchev–Trinajstić information content (AvgIpc) is 2.94. The van der Waals surface area contributed by atoms with E-state index in [4.69, 9.17) is 0 Å². The maximum Gasteiger partial charge on any atom is 0.258 e. The Morgan fingerprint density at radius 1 is 1.23 bits per heavy atom. The third kappa shape index (κ3) is 4.12. The number of likely N-dealkylation sites (N-methyl/N-ethyl adjacent to an activating group) is 1. The minimum atomic E-state index is -0.227. The number of likely N-dealkylation sites (tertiary alicyclic amines) is 1. The summed E-state index contributed by atoms with van der Waals surface area (Å²) in [6, 6.07) is 7.10. The number of aromatic amines is 1. The van der Waals surface area contributed by atoms with Gasteiger partial charge in [0.05, 0.1) is 23.5 Å². The van der Waals surface area contributed by atoms with Crippen LogP contribution in [0.15, 0.2) is 29.1 Å². The highest BCUT2D eigenvalue weighted by Gasteiger charge is 2.26. The van der Waals surface area contributed by atoms with Crippen molar-refractivity contribution < 1.29 is 4.79 Å². The Balaban J connectivity index is 1.76. The summed E-state index contributed by atoms with van der Waals surface area (Å²) >= 11 is 0. The number of aromatic nitrogens is 2. The first kappa shape index (κ1) is 18.6. The van der Waals surface area contributed by atoms with Crippen LogP contribution in [0.3, 0.4) is 0 Å². The van der Waals surface area contributed by atoms with Crippen molar-refractivity contribution >= 4 is 16.8 Å². The highest BCUT2D eigenvalue weighted by molar-refractivity contribution is 5.81. The van der Waals surface area contributed by atoms with Crippen molar-refractivity contribution in [3.05, 3.63) is 40.4 Å². The van der Waals surface area contributed by atoms with E-state index in [9.17, 15) is 9.59 Å². The van der Waals surface area contributed by atoms with Crippen LogP contribution in [0.25, 0.3) is 10.9 Å². The molecule has 1 saturated heterocycles. The molecule has 0 radical (unpaired) electrons. The number of H-pyrrole nitrogens is 1. The van der Waals surface area contributed by atoms with E-state index in [1.54, 1.807) is 6.07 Å². The Labute approximate surface area is 154 Å². The minimum Gasteiger partial charge on any atom is -0.341 e. The zero-order valence-electron chi connectivity index (χ0n) is 15.7.